The van der Waals surface area contributed by atoms with Crippen molar-refractivity contribution in [3.63, 3.8) is 0 Å². The van der Waals surface area contributed by atoms with E-state index in [-0.39, 0.29) is 0 Å². The van der Waals surface area contributed by atoms with Crippen LogP contribution in [0.5, 0.6) is 0 Å². The van der Waals surface area contributed by atoms with Crippen molar-refractivity contribution in [2.75, 3.05) is 19.4 Å². The van der Waals surface area contributed by atoms with Gasteiger partial charge in [0.25, 0.3) is 0 Å². The summed E-state index contributed by atoms with van der Waals surface area (Å²) in [5.74, 6) is -2.15. The quantitative estimate of drug-likeness (QED) is 0.825. The Morgan fingerprint density at radius 2 is 2.11 bits per heavy atom. The smallest absolute Gasteiger partial charge is 0.310 e. The van der Waals surface area contributed by atoms with Gasteiger partial charge < -0.3 is 15.3 Å². The Bertz CT molecular complexity index is 477. The van der Waals surface area contributed by atoms with Crippen molar-refractivity contribution in [2.45, 2.75) is 12.8 Å². The molecule has 1 aromatic rings. The van der Waals surface area contributed by atoms with E-state index in [1.807, 2.05) is 0 Å². The molecule has 1 atom stereocenters. The number of benzene rings is 1. The van der Waals surface area contributed by atoms with E-state index in [9.17, 15) is 9.18 Å². The molecule has 1 aromatic carbocycles. The third-order valence-corrected chi connectivity index (χ3v) is 2.97. The summed E-state index contributed by atoms with van der Waals surface area (Å²) < 4.78 is 13.2. The van der Waals surface area contributed by atoms with E-state index in [0.717, 1.165) is 0 Å². The summed E-state index contributed by atoms with van der Waals surface area (Å²) in [5.41, 5.74) is 0.872. The molecule has 0 aliphatic carbocycles. The predicted molar refractivity (Wildman–Crippen MR) is 72.4 cm³/mol. The monoisotopic (exact) mass is 270 g/mol. The first-order valence-electron chi connectivity index (χ1n) is 5.33. The number of thiocarbonyl (C=S) groups is 1. The van der Waals surface area contributed by atoms with Gasteiger partial charge in [-0.15, -0.1) is 0 Å². The van der Waals surface area contributed by atoms with Crippen molar-refractivity contribution in [2.24, 2.45) is 0 Å². The maximum atomic E-state index is 13.2. The third-order valence-electron chi connectivity index (χ3n) is 2.50. The van der Waals surface area contributed by atoms with Crippen molar-refractivity contribution < 1.29 is 14.3 Å². The zero-order valence-electron chi connectivity index (χ0n) is 10.4. The van der Waals surface area contributed by atoms with E-state index in [2.05, 4.69) is 5.32 Å². The molecule has 0 bridgehead atoms. The fourth-order valence-corrected chi connectivity index (χ4v) is 1.48. The molecule has 0 aromatic heterocycles. The van der Waals surface area contributed by atoms with Crippen molar-refractivity contribution in [3.8, 4) is 0 Å². The van der Waals surface area contributed by atoms with Crippen LogP contribution in [-0.2, 0) is 4.79 Å². The molecule has 0 amide bonds. The molecule has 0 radical (unpaired) electrons. The zero-order chi connectivity index (χ0) is 13.9. The van der Waals surface area contributed by atoms with Gasteiger partial charge in [-0.3, -0.25) is 4.79 Å². The first-order chi connectivity index (χ1) is 8.32. The van der Waals surface area contributed by atoms with Crippen molar-refractivity contribution in [1.82, 2.24) is 4.90 Å². The van der Waals surface area contributed by atoms with E-state index >= 15 is 0 Å². The van der Waals surface area contributed by atoms with Gasteiger partial charge in [-0.2, -0.15) is 0 Å². The Labute approximate surface area is 110 Å². The van der Waals surface area contributed by atoms with Crippen LogP contribution in [0.15, 0.2) is 18.2 Å². The molecule has 0 aliphatic rings. The molecule has 18 heavy (non-hydrogen) atoms. The van der Waals surface area contributed by atoms with Crippen molar-refractivity contribution >= 4 is 29.0 Å². The highest BCUT2D eigenvalue weighted by atomic mass is 32.1. The van der Waals surface area contributed by atoms with Crippen LogP contribution in [0.3, 0.4) is 0 Å². The van der Waals surface area contributed by atoms with Crippen molar-refractivity contribution in [1.29, 1.82) is 0 Å². The van der Waals surface area contributed by atoms with Gasteiger partial charge in [-0.05, 0) is 36.8 Å². The normalized spacial score (nSPS) is 11.8. The lowest BCUT2D eigenvalue weighted by molar-refractivity contribution is -0.138. The highest BCUT2D eigenvalue weighted by Gasteiger charge is 2.18. The first-order valence-corrected chi connectivity index (χ1v) is 5.74. The van der Waals surface area contributed by atoms with Crippen LogP contribution in [0, 0.1) is 5.82 Å². The summed E-state index contributed by atoms with van der Waals surface area (Å²) in [6, 6.07) is 3.93. The molecule has 2 N–H and O–H groups in total. The lowest BCUT2D eigenvalue weighted by Gasteiger charge is -2.19. The third kappa shape index (κ3) is 3.40. The minimum Gasteiger partial charge on any atom is -0.481 e. The SMILES string of the molecule is CC(C(=O)O)c1ccc(F)cc1NC(=S)N(C)C. The number of halogens is 1. The molecular weight excluding hydrogens is 255 g/mol. The Morgan fingerprint density at radius 1 is 1.50 bits per heavy atom. The fraction of sp³-hybridized carbons (Fsp3) is 0.333. The van der Waals surface area contributed by atoms with Gasteiger partial charge >= 0.3 is 5.97 Å². The average molecular weight is 270 g/mol. The topological polar surface area (TPSA) is 52.6 Å². The average Bonchev–Trinajstić information content (AvgIpc) is 2.28. The van der Waals surface area contributed by atoms with E-state index in [0.29, 0.717) is 16.4 Å². The van der Waals surface area contributed by atoms with Gasteiger partial charge in [0.1, 0.15) is 5.82 Å². The zero-order valence-corrected chi connectivity index (χ0v) is 11.2. The molecule has 1 unspecified atom stereocenters. The number of carbonyl (C=O) groups is 1. The van der Waals surface area contributed by atoms with E-state index in [4.69, 9.17) is 17.3 Å². The maximum Gasteiger partial charge on any atom is 0.310 e. The lowest BCUT2D eigenvalue weighted by Crippen LogP contribution is -2.28. The molecular formula is C12H15FN2O2S. The Balaban J connectivity index is 3.11. The molecule has 0 saturated heterocycles. The number of nitrogens with zero attached hydrogens (tertiary/aromatic N) is 1. The van der Waals surface area contributed by atoms with Gasteiger partial charge in [0.05, 0.1) is 5.92 Å². The molecule has 0 heterocycles. The second-order valence-electron chi connectivity index (χ2n) is 4.12. The van der Waals surface area contributed by atoms with Gasteiger partial charge in [0.15, 0.2) is 5.11 Å². The van der Waals surface area contributed by atoms with Crippen LogP contribution in [0.2, 0.25) is 0 Å². The van der Waals surface area contributed by atoms with Gasteiger partial charge in [-0.1, -0.05) is 6.07 Å². The molecule has 98 valence electrons. The Morgan fingerprint density at radius 3 is 2.61 bits per heavy atom. The number of hydrogen-bond donors (Lipinski definition) is 2. The van der Waals surface area contributed by atoms with Gasteiger partial charge in [0.2, 0.25) is 0 Å². The summed E-state index contributed by atoms with van der Waals surface area (Å²) in [4.78, 5) is 12.6. The van der Waals surface area contributed by atoms with Crippen LogP contribution in [0.1, 0.15) is 18.4 Å². The highest BCUT2D eigenvalue weighted by Crippen LogP contribution is 2.26. The van der Waals surface area contributed by atoms with Crippen LogP contribution in [-0.4, -0.2) is 35.2 Å². The van der Waals surface area contributed by atoms with Crippen LogP contribution < -0.4 is 5.32 Å². The molecule has 0 saturated carbocycles. The number of aliphatic carboxylic acids is 1. The van der Waals surface area contributed by atoms with E-state index in [1.54, 1.807) is 25.9 Å². The molecule has 0 spiro atoms. The molecule has 0 fully saturated rings. The van der Waals surface area contributed by atoms with E-state index < -0.39 is 17.7 Å². The molecule has 0 aliphatic heterocycles. The number of carboxylic acid groups (broad SMARTS) is 1. The largest absolute Gasteiger partial charge is 0.481 e. The number of hydrogen-bond acceptors (Lipinski definition) is 2. The second-order valence-corrected chi connectivity index (χ2v) is 4.50. The van der Waals surface area contributed by atoms with Crippen LogP contribution >= 0.6 is 12.2 Å². The Kier molecular flexibility index (Phi) is 4.61. The number of nitrogens with one attached hydrogen (secondary N) is 1. The standard InChI is InChI=1S/C12H15FN2O2S/c1-7(11(16)17)9-5-4-8(13)6-10(9)14-12(18)15(2)3/h4-7H,1-3H3,(H,14,18)(H,16,17). The lowest BCUT2D eigenvalue weighted by atomic mass is 9.99. The minimum atomic E-state index is -0.972. The number of anilines is 1. The summed E-state index contributed by atoms with van der Waals surface area (Å²) >= 11 is 5.06. The summed E-state index contributed by atoms with van der Waals surface area (Å²) in [6.45, 7) is 1.54. The second kappa shape index (κ2) is 5.77. The van der Waals surface area contributed by atoms with E-state index in [1.165, 1.54) is 18.2 Å². The molecule has 6 heteroatoms. The van der Waals surface area contributed by atoms with Crippen LogP contribution in [0.25, 0.3) is 0 Å². The minimum absolute atomic E-state index is 0.378. The summed E-state index contributed by atoms with van der Waals surface area (Å²) in [5, 5.41) is 12.2. The first kappa shape index (κ1) is 14.4. The van der Waals surface area contributed by atoms with Crippen molar-refractivity contribution in [3.05, 3.63) is 29.6 Å². The summed E-state index contributed by atoms with van der Waals surface area (Å²) in [6.07, 6.45) is 0. The fourth-order valence-electron chi connectivity index (χ4n) is 1.37. The maximum absolute atomic E-state index is 13.2. The van der Waals surface area contributed by atoms with Crippen LogP contribution in [0.4, 0.5) is 10.1 Å². The molecule has 4 nitrogen and oxygen atoms in total. The Hall–Kier alpha value is -1.69. The predicted octanol–water partition coefficient (Wildman–Crippen LogP) is 2.27. The van der Waals surface area contributed by atoms with Gasteiger partial charge in [-0.25, -0.2) is 4.39 Å². The van der Waals surface area contributed by atoms with Gasteiger partial charge in [0, 0.05) is 19.8 Å². The number of carboxylic acids is 1. The summed E-state index contributed by atoms with van der Waals surface area (Å²) in [7, 11) is 3.49. The molecule has 1 rings (SSSR count). The highest BCUT2D eigenvalue weighted by molar-refractivity contribution is 7.80. The number of rotatable bonds is 3.